The van der Waals surface area contributed by atoms with Crippen molar-refractivity contribution in [3.63, 3.8) is 0 Å². The number of aryl methyl sites for hydroxylation is 3. The minimum Gasteiger partial charge on any atom is -0.324 e. The molecule has 2 heterocycles. The maximum Gasteiger partial charge on any atom is 0.262 e. The molecule has 4 rings (SSSR count). The lowest BCUT2D eigenvalue weighted by Crippen LogP contribution is -2.30. The van der Waals surface area contributed by atoms with Crippen molar-refractivity contribution in [3.8, 4) is 10.4 Å². The van der Waals surface area contributed by atoms with Crippen molar-refractivity contribution in [1.29, 1.82) is 0 Å². The Bertz CT molecular complexity index is 1270. The first kappa shape index (κ1) is 19.1. The molecule has 0 bridgehead atoms. The molecule has 0 unspecified atom stereocenters. The minimum absolute atomic E-state index is 0.0720. The summed E-state index contributed by atoms with van der Waals surface area (Å²) < 4.78 is 1.43. The van der Waals surface area contributed by atoms with Crippen molar-refractivity contribution in [3.05, 3.63) is 81.9 Å². The van der Waals surface area contributed by atoms with E-state index < -0.39 is 0 Å². The molecular formula is C23H21N3O2S. The van der Waals surface area contributed by atoms with Crippen LogP contribution in [0.5, 0.6) is 0 Å². The minimum atomic E-state index is -0.248. The quantitative estimate of drug-likeness (QED) is 0.538. The van der Waals surface area contributed by atoms with Crippen LogP contribution in [0.4, 0.5) is 5.69 Å². The Hall–Kier alpha value is -3.25. The van der Waals surface area contributed by atoms with Crippen molar-refractivity contribution in [2.75, 3.05) is 5.32 Å². The van der Waals surface area contributed by atoms with Crippen molar-refractivity contribution >= 4 is 33.1 Å². The fraction of sp³-hybridized carbons (Fsp3) is 0.174. The first-order valence-electron chi connectivity index (χ1n) is 9.36. The Morgan fingerprint density at radius 1 is 1.07 bits per heavy atom. The number of aromatic nitrogens is 2. The predicted molar refractivity (Wildman–Crippen MR) is 119 cm³/mol. The summed E-state index contributed by atoms with van der Waals surface area (Å²) in [7, 11) is 0. The van der Waals surface area contributed by atoms with Gasteiger partial charge in [-0.05, 0) is 44.0 Å². The highest BCUT2D eigenvalue weighted by Crippen LogP contribution is 2.30. The Balaban J connectivity index is 1.65. The van der Waals surface area contributed by atoms with Crippen molar-refractivity contribution < 1.29 is 4.79 Å². The lowest BCUT2D eigenvalue weighted by atomic mass is 10.1. The Morgan fingerprint density at radius 2 is 1.83 bits per heavy atom. The molecule has 5 nitrogen and oxygen atoms in total. The number of carbonyl (C=O) groups is 1. The van der Waals surface area contributed by atoms with E-state index in [1.54, 1.807) is 6.92 Å². The number of amides is 1. The molecule has 6 heteroatoms. The molecule has 2 aromatic heterocycles. The zero-order chi connectivity index (χ0) is 20.5. The van der Waals surface area contributed by atoms with Crippen LogP contribution >= 0.6 is 11.3 Å². The molecule has 0 saturated carbocycles. The maximum absolute atomic E-state index is 13.0. The highest BCUT2D eigenvalue weighted by atomic mass is 32.1. The van der Waals surface area contributed by atoms with E-state index in [9.17, 15) is 9.59 Å². The molecule has 1 N–H and O–H groups in total. The van der Waals surface area contributed by atoms with E-state index in [0.29, 0.717) is 16.0 Å². The zero-order valence-electron chi connectivity index (χ0n) is 16.5. The normalized spacial score (nSPS) is 11.0. The second-order valence-electron chi connectivity index (χ2n) is 7.11. The molecule has 0 radical (unpaired) electrons. The van der Waals surface area contributed by atoms with E-state index in [4.69, 9.17) is 0 Å². The molecule has 0 saturated heterocycles. The molecule has 29 heavy (non-hydrogen) atoms. The van der Waals surface area contributed by atoms with Crippen LogP contribution in [-0.4, -0.2) is 15.5 Å². The summed E-state index contributed by atoms with van der Waals surface area (Å²) in [6, 6.07) is 17.6. The Morgan fingerprint density at radius 3 is 2.55 bits per heavy atom. The van der Waals surface area contributed by atoms with E-state index >= 15 is 0 Å². The number of carbonyl (C=O) groups excluding carboxylic acids is 1. The first-order valence-corrected chi connectivity index (χ1v) is 10.2. The summed E-state index contributed by atoms with van der Waals surface area (Å²) in [5.74, 6) is 0.279. The van der Waals surface area contributed by atoms with E-state index in [1.165, 1.54) is 15.9 Å². The molecule has 0 aliphatic carbocycles. The summed E-state index contributed by atoms with van der Waals surface area (Å²) in [4.78, 5) is 31.9. The van der Waals surface area contributed by atoms with Gasteiger partial charge in [0.05, 0.1) is 5.39 Å². The number of anilines is 1. The Kier molecular flexibility index (Phi) is 5.03. The molecule has 0 aliphatic heterocycles. The van der Waals surface area contributed by atoms with Crippen LogP contribution in [0.2, 0.25) is 0 Å². The van der Waals surface area contributed by atoms with E-state index in [1.807, 2.05) is 68.4 Å². The van der Waals surface area contributed by atoms with Gasteiger partial charge in [0.15, 0.2) is 0 Å². The highest BCUT2D eigenvalue weighted by Gasteiger charge is 2.15. The molecule has 1 amide bonds. The van der Waals surface area contributed by atoms with Gasteiger partial charge in [0.2, 0.25) is 5.91 Å². The van der Waals surface area contributed by atoms with Crippen molar-refractivity contribution in [1.82, 2.24) is 9.55 Å². The fourth-order valence-corrected chi connectivity index (χ4v) is 4.41. The number of benzene rings is 2. The van der Waals surface area contributed by atoms with Crippen LogP contribution in [0.3, 0.4) is 0 Å². The standard InChI is InChI=1S/C23H21N3O2S/c1-14-9-10-19(15(2)11-14)25-21(27)13-26-16(3)24-22-18(23(26)28)12-20(29-22)17-7-5-4-6-8-17/h4-12H,13H2,1-3H3,(H,25,27). The second kappa shape index (κ2) is 7.64. The molecular weight excluding hydrogens is 382 g/mol. The van der Waals surface area contributed by atoms with E-state index in [0.717, 1.165) is 27.3 Å². The number of nitrogens with zero attached hydrogens (tertiary/aromatic N) is 2. The number of hydrogen-bond acceptors (Lipinski definition) is 4. The van der Waals surface area contributed by atoms with Crippen molar-refractivity contribution in [2.45, 2.75) is 27.3 Å². The third kappa shape index (κ3) is 3.84. The monoisotopic (exact) mass is 403 g/mol. The number of nitrogens with one attached hydrogen (secondary N) is 1. The number of fused-ring (bicyclic) bond motifs is 1. The van der Waals surface area contributed by atoms with Crippen LogP contribution in [0.25, 0.3) is 20.7 Å². The van der Waals surface area contributed by atoms with E-state index in [2.05, 4.69) is 10.3 Å². The molecule has 2 aromatic carbocycles. The van der Waals surface area contributed by atoms with Crippen LogP contribution in [0.15, 0.2) is 59.4 Å². The van der Waals surface area contributed by atoms with Gasteiger partial charge in [0.25, 0.3) is 5.56 Å². The lowest BCUT2D eigenvalue weighted by molar-refractivity contribution is -0.116. The van der Waals surface area contributed by atoms with Crippen molar-refractivity contribution in [2.24, 2.45) is 0 Å². The number of thiophene rings is 1. The fourth-order valence-electron chi connectivity index (χ4n) is 3.34. The highest BCUT2D eigenvalue weighted by molar-refractivity contribution is 7.21. The van der Waals surface area contributed by atoms with Gasteiger partial charge in [-0.2, -0.15) is 0 Å². The first-order chi connectivity index (χ1) is 13.9. The van der Waals surface area contributed by atoms with Gasteiger partial charge in [-0.3, -0.25) is 14.2 Å². The largest absolute Gasteiger partial charge is 0.324 e. The third-order valence-corrected chi connectivity index (χ3v) is 5.94. The Labute approximate surface area is 172 Å². The summed E-state index contributed by atoms with van der Waals surface area (Å²) in [6.07, 6.45) is 0. The number of hydrogen-bond donors (Lipinski definition) is 1. The SMILES string of the molecule is Cc1ccc(NC(=O)Cn2c(C)nc3sc(-c4ccccc4)cc3c2=O)c(C)c1. The summed E-state index contributed by atoms with van der Waals surface area (Å²) in [6.45, 7) is 5.64. The number of rotatable bonds is 4. The molecule has 0 fully saturated rings. The molecule has 146 valence electrons. The second-order valence-corrected chi connectivity index (χ2v) is 8.14. The van der Waals surface area contributed by atoms with Gasteiger partial charge in [0, 0.05) is 10.6 Å². The topological polar surface area (TPSA) is 64.0 Å². The van der Waals surface area contributed by atoms with Crippen LogP contribution < -0.4 is 10.9 Å². The predicted octanol–water partition coefficient (Wildman–Crippen LogP) is 4.69. The van der Waals surface area contributed by atoms with Crippen LogP contribution in [0, 0.1) is 20.8 Å². The van der Waals surface area contributed by atoms with Gasteiger partial charge in [-0.1, -0.05) is 48.0 Å². The van der Waals surface area contributed by atoms with Gasteiger partial charge in [0.1, 0.15) is 17.2 Å². The van der Waals surface area contributed by atoms with Gasteiger partial charge in [-0.15, -0.1) is 11.3 Å². The van der Waals surface area contributed by atoms with Gasteiger partial charge >= 0.3 is 0 Å². The maximum atomic E-state index is 13.0. The van der Waals surface area contributed by atoms with E-state index in [-0.39, 0.29) is 18.0 Å². The molecule has 0 spiro atoms. The van der Waals surface area contributed by atoms with Gasteiger partial charge in [-0.25, -0.2) is 4.98 Å². The summed E-state index contributed by atoms with van der Waals surface area (Å²) >= 11 is 1.49. The molecule has 4 aromatic rings. The van der Waals surface area contributed by atoms with Gasteiger partial charge < -0.3 is 5.32 Å². The lowest BCUT2D eigenvalue weighted by Gasteiger charge is -2.12. The average Bonchev–Trinajstić information content (AvgIpc) is 3.12. The zero-order valence-corrected chi connectivity index (χ0v) is 17.3. The molecule has 0 atom stereocenters. The van der Waals surface area contributed by atoms with Crippen LogP contribution in [-0.2, 0) is 11.3 Å². The average molecular weight is 404 g/mol. The smallest absolute Gasteiger partial charge is 0.262 e. The van der Waals surface area contributed by atoms with Crippen LogP contribution in [0.1, 0.15) is 17.0 Å². The summed E-state index contributed by atoms with van der Waals surface area (Å²) in [5.41, 5.74) is 3.73. The third-order valence-electron chi connectivity index (χ3n) is 4.86. The molecule has 0 aliphatic rings. The summed E-state index contributed by atoms with van der Waals surface area (Å²) in [5, 5.41) is 3.44.